The van der Waals surface area contributed by atoms with Gasteiger partial charge >= 0.3 is 0 Å². The second kappa shape index (κ2) is 5.59. The average molecular weight is 210 g/mol. The first-order chi connectivity index (χ1) is 6.75. The number of nitrogens with zero attached hydrogens (tertiary/aromatic N) is 2. The maximum atomic E-state index is 7.32. The Balaban J connectivity index is 2.69. The van der Waals surface area contributed by atoms with Crippen LogP contribution in [0.4, 0.5) is 0 Å². The fraction of sp³-hybridized carbons (Fsp3) is 0.444. The standard InChI is InChI=1S/C9H14N4S/c1-2-3-6-14-9-7(8(10)11)12-4-5-13-9/h4-5H,2-3,6H2,1H3,(H3,10,11). The van der Waals surface area contributed by atoms with Crippen molar-refractivity contribution in [2.45, 2.75) is 24.8 Å². The molecule has 4 nitrogen and oxygen atoms in total. The van der Waals surface area contributed by atoms with Crippen LogP contribution in [0.1, 0.15) is 25.5 Å². The van der Waals surface area contributed by atoms with E-state index in [2.05, 4.69) is 16.9 Å². The van der Waals surface area contributed by atoms with E-state index in [9.17, 15) is 0 Å². The van der Waals surface area contributed by atoms with E-state index in [0.717, 1.165) is 23.6 Å². The molecule has 1 aromatic rings. The summed E-state index contributed by atoms with van der Waals surface area (Å²) in [5.41, 5.74) is 5.88. The molecule has 1 heterocycles. The van der Waals surface area contributed by atoms with Crippen LogP contribution in [0.5, 0.6) is 0 Å². The molecule has 1 rings (SSSR count). The smallest absolute Gasteiger partial charge is 0.144 e. The second-order valence-electron chi connectivity index (χ2n) is 2.83. The Morgan fingerprint density at radius 2 is 2.21 bits per heavy atom. The van der Waals surface area contributed by atoms with Gasteiger partial charge in [-0.3, -0.25) is 5.41 Å². The van der Waals surface area contributed by atoms with Gasteiger partial charge in [-0.1, -0.05) is 13.3 Å². The Bertz CT molecular complexity index is 313. The quantitative estimate of drug-likeness (QED) is 0.335. The van der Waals surface area contributed by atoms with Gasteiger partial charge in [-0.2, -0.15) is 0 Å². The lowest BCUT2D eigenvalue weighted by Gasteiger charge is -2.04. The molecule has 0 radical (unpaired) electrons. The van der Waals surface area contributed by atoms with E-state index in [1.807, 2.05) is 0 Å². The number of thioether (sulfide) groups is 1. The molecule has 0 saturated carbocycles. The third-order valence-corrected chi connectivity index (χ3v) is 2.72. The minimum absolute atomic E-state index is 0.0166. The summed E-state index contributed by atoms with van der Waals surface area (Å²) in [7, 11) is 0. The maximum Gasteiger partial charge on any atom is 0.144 e. The number of hydrogen-bond donors (Lipinski definition) is 2. The Hall–Kier alpha value is -1.10. The zero-order valence-electron chi connectivity index (χ0n) is 8.16. The summed E-state index contributed by atoms with van der Waals surface area (Å²) >= 11 is 1.61. The van der Waals surface area contributed by atoms with Crippen molar-refractivity contribution in [3.8, 4) is 0 Å². The topological polar surface area (TPSA) is 75.7 Å². The molecular weight excluding hydrogens is 196 g/mol. The minimum atomic E-state index is -0.0166. The van der Waals surface area contributed by atoms with Crippen LogP contribution in [0.3, 0.4) is 0 Å². The van der Waals surface area contributed by atoms with Gasteiger partial charge in [0, 0.05) is 12.4 Å². The summed E-state index contributed by atoms with van der Waals surface area (Å²) in [6.45, 7) is 2.14. The van der Waals surface area contributed by atoms with Crippen LogP contribution in [0.15, 0.2) is 17.4 Å². The van der Waals surface area contributed by atoms with E-state index in [-0.39, 0.29) is 5.84 Å². The van der Waals surface area contributed by atoms with Crippen LogP contribution >= 0.6 is 11.8 Å². The van der Waals surface area contributed by atoms with E-state index in [4.69, 9.17) is 11.1 Å². The fourth-order valence-corrected chi connectivity index (χ4v) is 1.99. The Kier molecular flexibility index (Phi) is 4.39. The molecule has 0 aliphatic rings. The largest absolute Gasteiger partial charge is 0.382 e. The molecule has 5 heteroatoms. The van der Waals surface area contributed by atoms with Gasteiger partial charge in [-0.05, 0) is 12.2 Å². The van der Waals surface area contributed by atoms with Crippen molar-refractivity contribution >= 4 is 17.6 Å². The molecule has 14 heavy (non-hydrogen) atoms. The number of nitrogen functional groups attached to an aromatic ring is 1. The molecule has 1 aromatic heterocycles. The van der Waals surface area contributed by atoms with Crippen molar-refractivity contribution in [3.05, 3.63) is 18.1 Å². The predicted molar refractivity (Wildman–Crippen MR) is 58.7 cm³/mol. The number of rotatable bonds is 5. The highest BCUT2D eigenvalue weighted by molar-refractivity contribution is 7.99. The SMILES string of the molecule is CCCCSc1nccnc1C(=N)N. The zero-order valence-corrected chi connectivity index (χ0v) is 8.97. The lowest BCUT2D eigenvalue weighted by Crippen LogP contribution is -2.15. The Morgan fingerprint density at radius 3 is 2.86 bits per heavy atom. The van der Waals surface area contributed by atoms with Gasteiger partial charge < -0.3 is 5.73 Å². The van der Waals surface area contributed by atoms with Crippen molar-refractivity contribution < 1.29 is 0 Å². The van der Waals surface area contributed by atoms with Crippen molar-refractivity contribution in [3.63, 3.8) is 0 Å². The average Bonchev–Trinajstić information content (AvgIpc) is 2.19. The number of hydrogen-bond acceptors (Lipinski definition) is 4. The van der Waals surface area contributed by atoms with Gasteiger partial charge in [0.2, 0.25) is 0 Å². The van der Waals surface area contributed by atoms with E-state index >= 15 is 0 Å². The van der Waals surface area contributed by atoms with Crippen LogP contribution in [0, 0.1) is 5.41 Å². The normalized spacial score (nSPS) is 10.1. The second-order valence-corrected chi connectivity index (χ2v) is 3.91. The molecule has 0 spiro atoms. The van der Waals surface area contributed by atoms with Crippen LogP contribution in [-0.2, 0) is 0 Å². The van der Waals surface area contributed by atoms with Crippen molar-refractivity contribution in [1.29, 1.82) is 5.41 Å². The molecule has 0 aromatic carbocycles. The molecule has 0 unspecified atom stereocenters. The highest BCUT2D eigenvalue weighted by atomic mass is 32.2. The number of nitrogens with two attached hydrogens (primary N) is 1. The summed E-state index contributed by atoms with van der Waals surface area (Å²) in [6, 6.07) is 0. The molecule has 76 valence electrons. The van der Waals surface area contributed by atoms with Gasteiger partial charge in [-0.15, -0.1) is 11.8 Å². The number of amidine groups is 1. The number of nitrogens with one attached hydrogen (secondary N) is 1. The van der Waals surface area contributed by atoms with E-state index in [1.165, 1.54) is 0 Å². The molecule has 0 aliphatic heterocycles. The van der Waals surface area contributed by atoms with Gasteiger partial charge in [0.05, 0.1) is 0 Å². The monoisotopic (exact) mass is 210 g/mol. The molecule has 0 aliphatic carbocycles. The molecular formula is C9H14N4S. The summed E-state index contributed by atoms with van der Waals surface area (Å²) in [6.07, 6.45) is 5.47. The summed E-state index contributed by atoms with van der Waals surface area (Å²) in [4.78, 5) is 8.18. The van der Waals surface area contributed by atoms with Crippen molar-refractivity contribution in [1.82, 2.24) is 9.97 Å². The third kappa shape index (κ3) is 2.99. The summed E-state index contributed by atoms with van der Waals surface area (Å²) in [5.74, 6) is 0.979. The van der Waals surface area contributed by atoms with E-state index in [1.54, 1.807) is 24.2 Å². The van der Waals surface area contributed by atoms with Gasteiger partial charge in [0.15, 0.2) is 0 Å². The van der Waals surface area contributed by atoms with Crippen LogP contribution in [-0.4, -0.2) is 21.6 Å². The molecule has 0 bridgehead atoms. The van der Waals surface area contributed by atoms with Gasteiger partial charge in [-0.25, -0.2) is 9.97 Å². The van der Waals surface area contributed by atoms with Crippen LogP contribution in [0.25, 0.3) is 0 Å². The third-order valence-electron chi connectivity index (χ3n) is 1.66. The van der Waals surface area contributed by atoms with Crippen molar-refractivity contribution in [2.24, 2.45) is 5.73 Å². The first kappa shape index (κ1) is 11.0. The molecule has 0 fully saturated rings. The van der Waals surface area contributed by atoms with Gasteiger partial charge in [0.1, 0.15) is 16.6 Å². The lowest BCUT2D eigenvalue weighted by atomic mass is 10.4. The molecule has 0 atom stereocenters. The summed E-state index contributed by atoms with van der Waals surface area (Å²) in [5, 5.41) is 8.08. The van der Waals surface area contributed by atoms with Gasteiger partial charge in [0.25, 0.3) is 0 Å². The lowest BCUT2D eigenvalue weighted by molar-refractivity contribution is 0.893. The number of unbranched alkanes of at least 4 members (excludes halogenated alkanes) is 1. The maximum absolute atomic E-state index is 7.32. The van der Waals surface area contributed by atoms with E-state index in [0.29, 0.717) is 5.69 Å². The fourth-order valence-electron chi connectivity index (χ4n) is 0.929. The van der Waals surface area contributed by atoms with Crippen LogP contribution in [0.2, 0.25) is 0 Å². The van der Waals surface area contributed by atoms with E-state index < -0.39 is 0 Å². The first-order valence-corrected chi connectivity index (χ1v) is 5.52. The predicted octanol–water partition coefficient (Wildman–Crippen LogP) is 1.65. The minimum Gasteiger partial charge on any atom is -0.382 e. The van der Waals surface area contributed by atoms with Crippen molar-refractivity contribution in [2.75, 3.05) is 5.75 Å². The highest BCUT2D eigenvalue weighted by Gasteiger charge is 2.07. The molecule has 0 amide bonds. The molecule has 0 saturated heterocycles. The summed E-state index contributed by atoms with van der Waals surface area (Å²) < 4.78 is 0. The Morgan fingerprint density at radius 1 is 1.50 bits per heavy atom. The zero-order chi connectivity index (χ0) is 10.4. The first-order valence-electron chi connectivity index (χ1n) is 4.54. The van der Waals surface area contributed by atoms with Crippen LogP contribution < -0.4 is 5.73 Å². The molecule has 3 N–H and O–H groups in total. The Labute approximate surface area is 87.8 Å². The number of aromatic nitrogens is 2. The highest BCUT2D eigenvalue weighted by Crippen LogP contribution is 2.18.